The van der Waals surface area contributed by atoms with Gasteiger partial charge in [0, 0.05) is 24.8 Å². The van der Waals surface area contributed by atoms with Crippen molar-refractivity contribution in [2.24, 2.45) is 0 Å². The van der Waals surface area contributed by atoms with Gasteiger partial charge in [-0.25, -0.2) is 0 Å². The smallest absolute Gasteiger partial charge is 0.221 e. The molecule has 2 aromatic rings. The lowest BCUT2D eigenvalue weighted by atomic mass is 10.2. The molecular formula is C18H21BrN2O2. The van der Waals surface area contributed by atoms with E-state index in [-0.39, 0.29) is 12.0 Å². The van der Waals surface area contributed by atoms with Gasteiger partial charge < -0.3 is 15.4 Å². The quantitative estimate of drug-likeness (QED) is 0.760. The SMILES string of the molecule is CC(=O)Nc1ccc(NCc2ccc(OC(C)C)c(Br)c2)cc1. The Kier molecular flexibility index (Phi) is 6.04. The zero-order valence-corrected chi connectivity index (χ0v) is 15.1. The average molecular weight is 377 g/mol. The highest BCUT2D eigenvalue weighted by Crippen LogP contribution is 2.27. The lowest BCUT2D eigenvalue weighted by Crippen LogP contribution is -2.07. The minimum atomic E-state index is -0.0701. The summed E-state index contributed by atoms with van der Waals surface area (Å²) in [6.45, 7) is 6.22. The average Bonchev–Trinajstić information content (AvgIpc) is 2.48. The molecule has 0 aromatic heterocycles. The minimum absolute atomic E-state index is 0.0701. The van der Waals surface area contributed by atoms with Crippen LogP contribution < -0.4 is 15.4 Å². The fourth-order valence-corrected chi connectivity index (χ4v) is 2.60. The summed E-state index contributed by atoms with van der Waals surface area (Å²) in [4.78, 5) is 11.0. The Hall–Kier alpha value is -2.01. The Bertz CT molecular complexity index is 669. The van der Waals surface area contributed by atoms with Crippen molar-refractivity contribution in [3.8, 4) is 5.75 Å². The van der Waals surface area contributed by atoms with Gasteiger partial charge in [-0.1, -0.05) is 6.07 Å². The molecule has 0 saturated carbocycles. The van der Waals surface area contributed by atoms with Crippen LogP contribution in [-0.4, -0.2) is 12.0 Å². The van der Waals surface area contributed by atoms with E-state index in [1.807, 2.05) is 50.2 Å². The second-order valence-electron chi connectivity index (χ2n) is 5.54. The maximum absolute atomic E-state index is 11.0. The Morgan fingerprint density at radius 1 is 1.13 bits per heavy atom. The lowest BCUT2D eigenvalue weighted by molar-refractivity contribution is -0.114. The number of hydrogen-bond acceptors (Lipinski definition) is 3. The molecule has 2 rings (SSSR count). The molecule has 0 aliphatic heterocycles. The van der Waals surface area contributed by atoms with Crippen LogP contribution in [0.4, 0.5) is 11.4 Å². The van der Waals surface area contributed by atoms with E-state index < -0.39 is 0 Å². The Morgan fingerprint density at radius 3 is 2.35 bits per heavy atom. The van der Waals surface area contributed by atoms with Gasteiger partial charge in [-0.05, 0) is 71.7 Å². The predicted molar refractivity (Wildman–Crippen MR) is 98.0 cm³/mol. The number of carbonyl (C=O) groups is 1. The number of rotatable bonds is 6. The number of hydrogen-bond donors (Lipinski definition) is 2. The first kappa shape index (κ1) is 17.3. The molecule has 4 nitrogen and oxygen atoms in total. The van der Waals surface area contributed by atoms with Crippen molar-refractivity contribution in [2.45, 2.75) is 33.4 Å². The van der Waals surface area contributed by atoms with Crippen molar-refractivity contribution < 1.29 is 9.53 Å². The van der Waals surface area contributed by atoms with Gasteiger partial charge in [-0.15, -0.1) is 0 Å². The van der Waals surface area contributed by atoms with Gasteiger partial charge in [0.1, 0.15) is 5.75 Å². The third-order valence-corrected chi connectivity index (χ3v) is 3.68. The summed E-state index contributed by atoms with van der Waals surface area (Å²) in [7, 11) is 0. The lowest BCUT2D eigenvalue weighted by Gasteiger charge is -2.13. The van der Waals surface area contributed by atoms with E-state index in [9.17, 15) is 4.79 Å². The monoisotopic (exact) mass is 376 g/mol. The second-order valence-corrected chi connectivity index (χ2v) is 6.40. The van der Waals surface area contributed by atoms with E-state index in [1.165, 1.54) is 6.92 Å². The maximum atomic E-state index is 11.0. The van der Waals surface area contributed by atoms with E-state index in [0.29, 0.717) is 6.54 Å². The van der Waals surface area contributed by atoms with Crippen molar-refractivity contribution in [2.75, 3.05) is 10.6 Å². The number of nitrogens with one attached hydrogen (secondary N) is 2. The maximum Gasteiger partial charge on any atom is 0.221 e. The van der Waals surface area contributed by atoms with E-state index in [0.717, 1.165) is 27.2 Å². The molecule has 5 heteroatoms. The number of halogens is 1. The Balaban J connectivity index is 1.95. The fourth-order valence-electron chi connectivity index (χ4n) is 2.08. The number of amides is 1. The van der Waals surface area contributed by atoms with Crippen molar-refractivity contribution in [1.82, 2.24) is 0 Å². The zero-order chi connectivity index (χ0) is 16.8. The summed E-state index contributed by atoms with van der Waals surface area (Å²) in [5, 5.41) is 6.10. The van der Waals surface area contributed by atoms with Crippen LogP contribution in [0.15, 0.2) is 46.9 Å². The summed E-state index contributed by atoms with van der Waals surface area (Å²) in [6.07, 6.45) is 0.150. The number of benzene rings is 2. The molecule has 122 valence electrons. The number of ether oxygens (including phenoxy) is 1. The topological polar surface area (TPSA) is 50.4 Å². The molecule has 0 heterocycles. The molecule has 0 atom stereocenters. The molecule has 2 aromatic carbocycles. The van der Waals surface area contributed by atoms with Crippen LogP contribution in [-0.2, 0) is 11.3 Å². The molecule has 2 N–H and O–H groups in total. The summed E-state index contributed by atoms with van der Waals surface area (Å²) in [5.41, 5.74) is 2.94. The summed E-state index contributed by atoms with van der Waals surface area (Å²) >= 11 is 3.54. The number of anilines is 2. The zero-order valence-electron chi connectivity index (χ0n) is 13.5. The van der Waals surface area contributed by atoms with Crippen molar-refractivity contribution in [3.05, 3.63) is 52.5 Å². The van der Waals surface area contributed by atoms with Crippen molar-refractivity contribution in [3.63, 3.8) is 0 Å². The minimum Gasteiger partial charge on any atom is -0.490 e. The van der Waals surface area contributed by atoms with Gasteiger partial charge in [0.25, 0.3) is 0 Å². The van der Waals surface area contributed by atoms with E-state index in [1.54, 1.807) is 0 Å². The Morgan fingerprint density at radius 2 is 1.78 bits per heavy atom. The third-order valence-electron chi connectivity index (χ3n) is 3.06. The Labute approximate surface area is 145 Å². The van der Waals surface area contributed by atoms with Gasteiger partial charge in [-0.2, -0.15) is 0 Å². The molecule has 0 radical (unpaired) electrons. The fraction of sp³-hybridized carbons (Fsp3) is 0.278. The van der Waals surface area contributed by atoms with Crippen LogP contribution in [0.2, 0.25) is 0 Å². The van der Waals surface area contributed by atoms with Crippen LogP contribution in [0.1, 0.15) is 26.3 Å². The van der Waals surface area contributed by atoms with Crippen LogP contribution in [0.5, 0.6) is 5.75 Å². The molecule has 0 spiro atoms. The van der Waals surface area contributed by atoms with E-state index in [2.05, 4.69) is 32.6 Å². The summed E-state index contributed by atoms with van der Waals surface area (Å²) in [5.74, 6) is 0.780. The highest BCUT2D eigenvalue weighted by molar-refractivity contribution is 9.10. The van der Waals surface area contributed by atoms with Crippen molar-refractivity contribution >= 4 is 33.2 Å². The van der Waals surface area contributed by atoms with Gasteiger partial charge in [0.05, 0.1) is 10.6 Å². The van der Waals surface area contributed by atoms with Crippen LogP contribution >= 0.6 is 15.9 Å². The summed E-state index contributed by atoms with van der Waals surface area (Å²) < 4.78 is 6.66. The molecule has 23 heavy (non-hydrogen) atoms. The van der Waals surface area contributed by atoms with E-state index >= 15 is 0 Å². The van der Waals surface area contributed by atoms with Crippen LogP contribution in [0.3, 0.4) is 0 Å². The molecule has 0 aliphatic rings. The van der Waals surface area contributed by atoms with Crippen molar-refractivity contribution in [1.29, 1.82) is 0 Å². The molecule has 0 bridgehead atoms. The third kappa shape index (κ3) is 5.60. The van der Waals surface area contributed by atoms with Gasteiger partial charge in [0.15, 0.2) is 0 Å². The first-order valence-corrected chi connectivity index (χ1v) is 8.30. The second kappa shape index (κ2) is 8.02. The largest absolute Gasteiger partial charge is 0.490 e. The molecule has 1 amide bonds. The normalized spacial score (nSPS) is 10.5. The molecule has 0 aliphatic carbocycles. The molecule has 0 fully saturated rings. The highest BCUT2D eigenvalue weighted by Gasteiger charge is 2.05. The number of carbonyl (C=O) groups excluding carboxylic acids is 1. The molecule has 0 saturated heterocycles. The molecule has 0 unspecified atom stereocenters. The van der Waals surface area contributed by atoms with Crippen LogP contribution in [0, 0.1) is 0 Å². The van der Waals surface area contributed by atoms with Gasteiger partial charge in [0.2, 0.25) is 5.91 Å². The van der Waals surface area contributed by atoms with E-state index in [4.69, 9.17) is 4.74 Å². The first-order valence-electron chi connectivity index (χ1n) is 7.50. The van der Waals surface area contributed by atoms with Crippen LogP contribution in [0.25, 0.3) is 0 Å². The van der Waals surface area contributed by atoms with Gasteiger partial charge >= 0.3 is 0 Å². The molecular weight excluding hydrogens is 356 g/mol. The first-order chi connectivity index (χ1) is 10.9. The predicted octanol–water partition coefficient (Wildman–Crippen LogP) is 4.81. The van der Waals surface area contributed by atoms with Gasteiger partial charge in [-0.3, -0.25) is 4.79 Å². The summed E-state index contributed by atoms with van der Waals surface area (Å²) in [6, 6.07) is 13.7. The highest BCUT2D eigenvalue weighted by atomic mass is 79.9. The standard InChI is InChI=1S/C18H21BrN2O2/c1-12(2)23-18-9-4-14(10-17(18)19)11-20-15-5-7-16(8-6-15)21-13(3)22/h4-10,12,20H,11H2,1-3H3,(H,21,22).